The van der Waals surface area contributed by atoms with Crippen molar-refractivity contribution < 1.29 is 9.21 Å². The summed E-state index contributed by atoms with van der Waals surface area (Å²) in [5.41, 5.74) is 0.584. The second-order valence-electron chi connectivity index (χ2n) is 4.48. The molecule has 112 valence electrons. The number of hydrogen-bond acceptors (Lipinski definition) is 7. The molecule has 0 saturated heterocycles. The fraction of sp³-hybridized carbons (Fsp3) is 0.214. The molecule has 0 aliphatic carbocycles. The normalized spacial score (nSPS) is 10.8. The molecule has 0 radical (unpaired) electrons. The minimum absolute atomic E-state index is 0.0961. The van der Waals surface area contributed by atoms with Crippen LogP contribution in [0, 0.1) is 6.92 Å². The molecule has 22 heavy (non-hydrogen) atoms. The van der Waals surface area contributed by atoms with E-state index in [9.17, 15) is 4.79 Å². The van der Waals surface area contributed by atoms with Gasteiger partial charge in [-0.1, -0.05) is 11.8 Å². The van der Waals surface area contributed by atoms with Crippen molar-refractivity contribution in [3.63, 3.8) is 0 Å². The largest absolute Gasteiger partial charge is 0.467 e. The number of aromatic nitrogens is 4. The molecule has 0 aliphatic heterocycles. The van der Waals surface area contributed by atoms with Crippen molar-refractivity contribution in [3.8, 4) is 0 Å². The smallest absolute Gasteiger partial charge is 0.230 e. The lowest BCUT2D eigenvalue weighted by molar-refractivity contribution is -0.118. The molecule has 3 heterocycles. The SMILES string of the molecule is Cc1ncc2c(SCC(=O)NCc3ccco3)ncnc2n1. The molecule has 0 bridgehead atoms. The first kappa shape index (κ1) is 14.5. The van der Waals surface area contributed by atoms with Crippen LogP contribution >= 0.6 is 11.8 Å². The van der Waals surface area contributed by atoms with Crippen LogP contribution in [-0.2, 0) is 11.3 Å². The van der Waals surface area contributed by atoms with E-state index in [4.69, 9.17) is 4.42 Å². The summed E-state index contributed by atoms with van der Waals surface area (Å²) in [5, 5.41) is 4.22. The number of amides is 1. The Morgan fingerprint density at radius 1 is 1.36 bits per heavy atom. The molecule has 0 saturated carbocycles. The zero-order chi connectivity index (χ0) is 15.4. The van der Waals surface area contributed by atoms with Crippen LogP contribution in [-0.4, -0.2) is 31.6 Å². The number of carbonyl (C=O) groups is 1. The lowest BCUT2D eigenvalue weighted by atomic mass is 10.4. The number of furan rings is 1. The maximum absolute atomic E-state index is 11.9. The van der Waals surface area contributed by atoms with Crippen LogP contribution in [0.2, 0.25) is 0 Å². The Labute approximate surface area is 130 Å². The summed E-state index contributed by atoms with van der Waals surface area (Å²) in [5.74, 6) is 1.52. The lowest BCUT2D eigenvalue weighted by Crippen LogP contribution is -2.24. The number of thioether (sulfide) groups is 1. The highest BCUT2D eigenvalue weighted by molar-refractivity contribution is 8.00. The second kappa shape index (κ2) is 6.52. The molecule has 0 atom stereocenters. The highest BCUT2D eigenvalue weighted by Gasteiger charge is 2.09. The predicted octanol–water partition coefficient (Wildman–Crippen LogP) is 1.73. The van der Waals surface area contributed by atoms with E-state index >= 15 is 0 Å². The minimum Gasteiger partial charge on any atom is -0.467 e. The summed E-state index contributed by atoms with van der Waals surface area (Å²) in [4.78, 5) is 28.5. The highest BCUT2D eigenvalue weighted by Crippen LogP contribution is 2.22. The van der Waals surface area contributed by atoms with Gasteiger partial charge in [0.15, 0.2) is 5.65 Å². The molecular formula is C14H13N5O2S. The van der Waals surface area contributed by atoms with E-state index in [1.165, 1.54) is 18.1 Å². The minimum atomic E-state index is -0.0961. The van der Waals surface area contributed by atoms with E-state index in [0.29, 0.717) is 23.0 Å². The molecule has 0 fully saturated rings. The molecule has 3 aromatic rings. The number of carbonyl (C=O) groups excluding carboxylic acids is 1. The van der Waals surface area contributed by atoms with Gasteiger partial charge >= 0.3 is 0 Å². The monoisotopic (exact) mass is 315 g/mol. The Morgan fingerprint density at radius 3 is 3.09 bits per heavy atom. The summed E-state index contributed by atoms with van der Waals surface area (Å²) in [6.07, 6.45) is 4.70. The fourth-order valence-corrected chi connectivity index (χ4v) is 2.60. The first-order valence-electron chi connectivity index (χ1n) is 6.58. The van der Waals surface area contributed by atoms with Gasteiger partial charge in [-0.3, -0.25) is 4.79 Å². The van der Waals surface area contributed by atoms with Crippen LogP contribution in [0.25, 0.3) is 11.0 Å². The average Bonchev–Trinajstić information content (AvgIpc) is 3.04. The van der Waals surface area contributed by atoms with Crippen molar-refractivity contribution in [1.82, 2.24) is 25.3 Å². The molecular weight excluding hydrogens is 302 g/mol. The molecule has 0 unspecified atom stereocenters. The molecule has 0 spiro atoms. The summed E-state index contributed by atoms with van der Waals surface area (Å²) in [7, 11) is 0. The van der Waals surface area contributed by atoms with Gasteiger partial charge in [-0.2, -0.15) is 0 Å². The highest BCUT2D eigenvalue weighted by atomic mass is 32.2. The molecule has 0 aliphatic rings. The summed E-state index contributed by atoms with van der Waals surface area (Å²) in [6, 6.07) is 3.59. The first-order chi connectivity index (χ1) is 10.7. The van der Waals surface area contributed by atoms with Crippen LogP contribution in [0.15, 0.2) is 40.4 Å². The van der Waals surface area contributed by atoms with Crippen molar-refractivity contribution in [2.24, 2.45) is 0 Å². The van der Waals surface area contributed by atoms with Crippen LogP contribution in [0.4, 0.5) is 0 Å². The second-order valence-corrected chi connectivity index (χ2v) is 5.44. The molecule has 3 aromatic heterocycles. The lowest BCUT2D eigenvalue weighted by Gasteiger charge is -2.05. The van der Waals surface area contributed by atoms with Crippen molar-refractivity contribution in [2.75, 3.05) is 5.75 Å². The van der Waals surface area contributed by atoms with Crippen molar-refractivity contribution in [2.45, 2.75) is 18.5 Å². The van der Waals surface area contributed by atoms with Crippen molar-refractivity contribution in [3.05, 3.63) is 42.5 Å². The third-order valence-corrected chi connectivity index (χ3v) is 3.86. The molecule has 1 N–H and O–H groups in total. The van der Waals surface area contributed by atoms with Crippen LogP contribution in [0.3, 0.4) is 0 Å². The average molecular weight is 315 g/mol. The molecule has 7 nitrogen and oxygen atoms in total. The number of hydrogen-bond donors (Lipinski definition) is 1. The van der Waals surface area contributed by atoms with Gasteiger partial charge in [-0.25, -0.2) is 19.9 Å². The molecule has 3 rings (SSSR count). The fourth-order valence-electron chi connectivity index (χ4n) is 1.81. The number of nitrogens with one attached hydrogen (secondary N) is 1. The number of aryl methyl sites for hydroxylation is 1. The van der Waals surface area contributed by atoms with Gasteiger partial charge in [-0.05, 0) is 19.1 Å². The molecule has 0 aromatic carbocycles. The molecule has 1 amide bonds. The summed E-state index contributed by atoms with van der Waals surface area (Å²) in [6.45, 7) is 2.18. The maximum atomic E-state index is 11.9. The Kier molecular flexibility index (Phi) is 4.29. The van der Waals surface area contributed by atoms with E-state index in [-0.39, 0.29) is 11.7 Å². The summed E-state index contributed by atoms with van der Waals surface area (Å²) < 4.78 is 5.16. The number of fused-ring (bicyclic) bond motifs is 1. The molecule has 8 heteroatoms. The Balaban J connectivity index is 1.62. The number of rotatable bonds is 5. The number of nitrogens with zero attached hydrogens (tertiary/aromatic N) is 4. The topological polar surface area (TPSA) is 93.8 Å². The van der Waals surface area contributed by atoms with Gasteiger partial charge < -0.3 is 9.73 Å². The van der Waals surface area contributed by atoms with E-state index < -0.39 is 0 Å². The van der Waals surface area contributed by atoms with Crippen LogP contribution in [0.5, 0.6) is 0 Å². The summed E-state index contributed by atoms with van der Waals surface area (Å²) >= 11 is 1.33. The van der Waals surface area contributed by atoms with Crippen LogP contribution in [0.1, 0.15) is 11.6 Å². The zero-order valence-electron chi connectivity index (χ0n) is 11.8. The van der Waals surface area contributed by atoms with Crippen molar-refractivity contribution >= 4 is 28.7 Å². The van der Waals surface area contributed by atoms with Gasteiger partial charge in [0, 0.05) is 6.20 Å². The third kappa shape index (κ3) is 3.40. The van der Waals surface area contributed by atoms with Gasteiger partial charge in [0.25, 0.3) is 0 Å². The zero-order valence-corrected chi connectivity index (χ0v) is 12.6. The quantitative estimate of drug-likeness (QED) is 0.566. The predicted molar refractivity (Wildman–Crippen MR) is 81.1 cm³/mol. The Bertz CT molecular complexity index is 791. The van der Waals surface area contributed by atoms with E-state index in [1.807, 2.05) is 6.07 Å². The Morgan fingerprint density at radius 2 is 2.27 bits per heavy atom. The van der Waals surface area contributed by atoms with Gasteiger partial charge in [0.1, 0.15) is 22.9 Å². The van der Waals surface area contributed by atoms with Gasteiger partial charge in [-0.15, -0.1) is 0 Å². The standard InChI is InChI=1S/C14H13N5O2S/c1-9-15-6-11-13(19-9)17-8-18-14(11)22-7-12(20)16-5-10-3-2-4-21-10/h2-4,6,8H,5,7H2,1H3,(H,16,20). The maximum Gasteiger partial charge on any atom is 0.230 e. The third-order valence-electron chi connectivity index (χ3n) is 2.85. The first-order valence-corrected chi connectivity index (χ1v) is 7.57. The Hall–Kier alpha value is -2.48. The van der Waals surface area contributed by atoms with E-state index in [1.54, 1.807) is 25.5 Å². The van der Waals surface area contributed by atoms with Gasteiger partial charge in [0.05, 0.1) is 23.9 Å². The van der Waals surface area contributed by atoms with Crippen LogP contribution < -0.4 is 5.32 Å². The van der Waals surface area contributed by atoms with Gasteiger partial charge in [0.2, 0.25) is 5.91 Å². The van der Waals surface area contributed by atoms with E-state index in [2.05, 4.69) is 25.3 Å². The van der Waals surface area contributed by atoms with Crippen molar-refractivity contribution in [1.29, 1.82) is 0 Å². The van der Waals surface area contributed by atoms with E-state index in [0.717, 1.165) is 11.1 Å².